The molecule has 0 bridgehead atoms. The van der Waals surface area contributed by atoms with Gasteiger partial charge < -0.3 is 25.0 Å². The number of carbonyl (C=O) groups excluding carboxylic acids is 2. The van der Waals surface area contributed by atoms with Gasteiger partial charge in [0, 0.05) is 32.8 Å². The van der Waals surface area contributed by atoms with E-state index in [0.717, 1.165) is 0 Å². The normalized spacial score (nSPS) is 18.3. The van der Waals surface area contributed by atoms with Crippen LogP contribution in [0.1, 0.15) is 20.3 Å². The smallest absolute Gasteiger partial charge is 0.320 e. The number of carbonyl (C=O) groups is 3. The molecule has 21 heavy (non-hydrogen) atoms. The van der Waals surface area contributed by atoms with E-state index >= 15 is 0 Å². The predicted molar refractivity (Wildman–Crippen MR) is 74.9 cm³/mol. The van der Waals surface area contributed by atoms with Crippen molar-refractivity contribution in [3.63, 3.8) is 0 Å². The molecule has 8 heteroatoms. The van der Waals surface area contributed by atoms with Crippen LogP contribution in [0.5, 0.6) is 0 Å². The molecule has 3 amide bonds. The van der Waals surface area contributed by atoms with Crippen LogP contribution in [0.3, 0.4) is 0 Å². The number of amides is 3. The van der Waals surface area contributed by atoms with E-state index in [-0.39, 0.29) is 12.5 Å². The summed E-state index contributed by atoms with van der Waals surface area (Å²) in [5, 5.41) is 11.5. The number of piperazine rings is 1. The molecule has 0 aromatic carbocycles. The highest BCUT2D eigenvalue weighted by Crippen LogP contribution is 2.12. The van der Waals surface area contributed by atoms with E-state index < -0.39 is 17.9 Å². The Morgan fingerprint density at radius 3 is 2.76 bits per heavy atom. The van der Waals surface area contributed by atoms with Crippen molar-refractivity contribution >= 4 is 17.9 Å². The van der Waals surface area contributed by atoms with Gasteiger partial charge in [0.25, 0.3) is 0 Å². The SMILES string of the molecule is CCOCCN(CC)C(=O)N1CCNC(=O)C1CC(=O)O. The van der Waals surface area contributed by atoms with Gasteiger partial charge in [-0.05, 0) is 13.8 Å². The Kier molecular flexibility index (Phi) is 6.93. The lowest BCUT2D eigenvalue weighted by atomic mass is 10.1. The number of carboxylic acids is 1. The number of carboxylic acid groups (broad SMARTS) is 1. The third-order valence-electron chi connectivity index (χ3n) is 3.31. The zero-order chi connectivity index (χ0) is 15.8. The summed E-state index contributed by atoms with van der Waals surface area (Å²) in [5.74, 6) is -1.52. The van der Waals surface area contributed by atoms with Crippen LogP contribution in [-0.2, 0) is 14.3 Å². The molecule has 0 radical (unpaired) electrons. The van der Waals surface area contributed by atoms with Crippen molar-refractivity contribution in [2.45, 2.75) is 26.3 Å². The van der Waals surface area contributed by atoms with Crippen molar-refractivity contribution in [2.75, 3.05) is 39.4 Å². The molecule has 1 aliphatic rings. The van der Waals surface area contributed by atoms with E-state index in [0.29, 0.717) is 39.4 Å². The van der Waals surface area contributed by atoms with Crippen molar-refractivity contribution in [3.8, 4) is 0 Å². The summed E-state index contributed by atoms with van der Waals surface area (Å²) in [7, 11) is 0. The van der Waals surface area contributed by atoms with Gasteiger partial charge in [0.2, 0.25) is 5.91 Å². The Balaban J connectivity index is 2.74. The maximum absolute atomic E-state index is 12.5. The Bertz CT molecular complexity index is 388. The molecule has 0 aromatic rings. The first-order chi connectivity index (χ1) is 10.0. The minimum absolute atomic E-state index is 0.313. The molecule has 1 unspecified atom stereocenters. The number of rotatable bonds is 7. The zero-order valence-corrected chi connectivity index (χ0v) is 12.5. The quantitative estimate of drug-likeness (QED) is 0.631. The largest absolute Gasteiger partial charge is 0.481 e. The highest BCUT2D eigenvalue weighted by molar-refractivity contribution is 5.91. The van der Waals surface area contributed by atoms with Crippen molar-refractivity contribution in [1.82, 2.24) is 15.1 Å². The molecule has 0 spiro atoms. The fourth-order valence-corrected chi connectivity index (χ4v) is 2.20. The van der Waals surface area contributed by atoms with Crippen LogP contribution in [0.4, 0.5) is 4.79 Å². The van der Waals surface area contributed by atoms with Gasteiger partial charge in [0.05, 0.1) is 13.0 Å². The molecule has 1 atom stereocenters. The van der Waals surface area contributed by atoms with Crippen molar-refractivity contribution in [3.05, 3.63) is 0 Å². The molecule has 1 heterocycles. The monoisotopic (exact) mass is 301 g/mol. The predicted octanol–water partition coefficient (Wildman–Crippen LogP) is -0.260. The molecule has 0 aliphatic carbocycles. The van der Waals surface area contributed by atoms with Gasteiger partial charge in [-0.25, -0.2) is 4.79 Å². The Labute approximate surface area is 124 Å². The van der Waals surface area contributed by atoms with Gasteiger partial charge in [-0.1, -0.05) is 0 Å². The minimum atomic E-state index is -1.10. The average molecular weight is 301 g/mol. The van der Waals surface area contributed by atoms with Gasteiger partial charge in [-0.3, -0.25) is 9.59 Å². The number of ether oxygens (including phenoxy) is 1. The number of urea groups is 1. The fraction of sp³-hybridized carbons (Fsp3) is 0.769. The number of nitrogens with zero attached hydrogens (tertiary/aromatic N) is 2. The Morgan fingerprint density at radius 2 is 2.19 bits per heavy atom. The van der Waals surface area contributed by atoms with Crippen LogP contribution in [-0.4, -0.2) is 78.2 Å². The first kappa shape index (κ1) is 17.2. The first-order valence-electron chi connectivity index (χ1n) is 7.14. The summed E-state index contributed by atoms with van der Waals surface area (Å²) in [5.41, 5.74) is 0. The van der Waals surface area contributed by atoms with Gasteiger partial charge in [-0.2, -0.15) is 0 Å². The van der Waals surface area contributed by atoms with Crippen LogP contribution >= 0.6 is 0 Å². The summed E-state index contributed by atoms with van der Waals surface area (Å²) in [6, 6.07) is -1.27. The standard InChI is InChI=1S/C13H23N3O5/c1-3-15(7-8-21-4-2)13(20)16-6-5-14-12(19)10(16)9-11(17)18/h10H,3-9H2,1-2H3,(H,14,19)(H,17,18). The van der Waals surface area contributed by atoms with E-state index in [1.54, 1.807) is 4.90 Å². The Hall–Kier alpha value is -1.83. The van der Waals surface area contributed by atoms with Crippen LogP contribution in [0.25, 0.3) is 0 Å². The molecular weight excluding hydrogens is 278 g/mol. The second-order valence-corrected chi connectivity index (χ2v) is 4.66. The highest BCUT2D eigenvalue weighted by atomic mass is 16.5. The van der Waals surface area contributed by atoms with Crippen molar-refractivity contribution in [2.24, 2.45) is 0 Å². The lowest BCUT2D eigenvalue weighted by Crippen LogP contribution is -2.60. The maximum atomic E-state index is 12.5. The maximum Gasteiger partial charge on any atom is 0.320 e. The third-order valence-corrected chi connectivity index (χ3v) is 3.31. The summed E-state index contributed by atoms with van der Waals surface area (Å²) in [4.78, 5) is 38.1. The molecule has 1 rings (SSSR count). The molecule has 0 saturated carbocycles. The molecule has 8 nitrogen and oxygen atoms in total. The molecule has 1 saturated heterocycles. The number of hydrogen-bond donors (Lipinski definition) is 2. The van der Waals surface area contributed by atoms with Gasteiger partial charge in [0.1, 0.15) is 6.04 Å². The van der Waals surface area contributed by atoms with Crippen molar-refractivity contribution < 1.29 is 24.2 Å². The number of nitrogens with one attached hydrogen (secondary N) is 1. The second kappa shape index (κ2) is 8.46. The van der Waals surface area contributed by atoms with Gasteiger partial charge >= 0.3 is 12.0 Å². The van der Waals surface area contributed by atoms with Crippen molar-refractivity contribution in [1.29, 1.82) is 0 Å². The van der Waals surface area contributed by atoms with Crippen LogP contribution in [0.2, 0.25) is 0 Å². The summed E-state index contributed by atoms with van der Waals surface area (Å²) in [6.07, 6.45) is -0.388. The van der Waals surface area contributed by atoms with E-state index in [4.69, 9.17) is 9.84 Å². The Morgan fingerprint density at radius 1 is 1.48 bits per heavy atom. The molecule has 2 N–H and O–H groups in total. The number of likely N-dealkylation sites (N-methyl/N-ethyl adjacent to an activating group) is 1. The fourth-order valence-electron chi connectivity index (χ4n) is 2.20. The average Bonchev–Trinajstić information content (AvgIpc) is 2.45. The van der Waals surface area contributed by atoms with E-state index in [1.165, 1.54) is 4.90 Å². The van der Waals surface area contributed by atoms with Crippen LogP contribution in [0.15, 0.2) is 0 Å². The first-order valence-corrected chi connectivity index (χ1v) is 7.14. The highest BCUT2D eigenvalue weighted by Gasteiger charge is 2.36. The molecule has 0 aromatic heterocycles. The van der Waals surface area contributed by atoms with Gasteiger partial charge in [-0.15, -0.1) is 0 Å². The third kappa shape index (κ3) is 4.89. The topological polar surface area (TPSA) is 99.2 Å². The molecule has 1 fully saturated rings. The number of aliphatic carboxylic acids is 1. The summed E-state index contributed by atoms with van der Waals surface area (Å²) >= 11 is 0. The summed E-state index contributed by atoms with van der Waals surface area (Å²) < 4.78 is 5.23. The van der Waals surface area contributed by atoms with Crippen LogP contribution < -0.4 is 5.32 Å². The van der Waals surface area contributed by atoms with E-state index in [2.05, 4.69) is 5.32 Å². The lowest BCUT2D eigenvalue weighted by Gasteiger charge is -2.37. The van der Waals surface area contributed by atoms with Gasteiger partial charge in [0.15, 0.2) is 0 Å². The molecule has 1 aliphatic heterocycles. The van der Waals surface area contributed by atoms with E-state index in [9.17, 15) is 14.4 Å². The summed E-state index contributed by atoms with van der Waals surface area (Å²) in [6.45, 7) is 6.23. The van der Waals surface area contributed by atoms with E-state index in [1.807, 2.05) is 13.8 Å². The minimum Gasteiger partial charge on any atom is -0.481 e. The number of hydrogen-bond acceptors (Lipinski definition) is 4. The molecular formula is C13H23N3O5. The zero-order valence-electron chi connectivity index (χ0n) is 12.5. The van der Waals surface area contributed by atoms with Crippen LogP contribution in [0, 0.1) is 0 Å². The second-order valence-electron chi connectivity index (χ2n) is 4.66. The lowest BCUT2D eigenvalue weighted by molar-refractivity contribution is -0.142. The molecule has 120 valence electrons.